The average molecular weight is 396 g/mol. The predicted octanol–water partition coefficient (Wildman–Crippen LogP) is 2.77. The molecule has 152 valence electrons. The summed E-state index contributed by atoms with van der Waals surface area (Å²) in [5, 5.41) is 5.70. The van der Waals surface area contributed by atoms with Crippen molar-refractivity contribution in [3.63, 3.8) is 0 Å². The molecule has 4 rings (SSSR count). The first-order valence-corrected chi connectivity index (χ1v) is 9.67. The summed E-state index contributed by atoms with van der Waals surface area (Å²) in [6.45, 7) is 5.29. The number of amides is 3. The fourth-order valence-corrected chi connectivity index (χ4v) is 3.45. The smallest absolute Gasteiger partial charge is 0.321 e. The maximum atomic E-state index is 12.6. The highest BCUT2D eigenvalue weighted by atomic mass is 16.6. The number of carbonyl (C=O) groups is 2. The second-order valence-corrected chi connectivity index (χ2v) is 6.99. The molecule has 1 fully saturated rings. The van der Waals surface area contributed by atoms with Crippen LogP contribution in [-0.2, 0) is 4.79 Å². The normalized spacial score (nSPS) is 15.6. The molecule has 29 heavy (non-hydrogen) atoms. The molecule has 2 aliphatic rings. The highest BCUT2D eigenvalue weighted by Crippen LogP contribution is 2.32. The second-order valence-electron chi connectivity index (χ2n) is 6.99. The summed E-state index contributed by atoms with van der Waals surface area (Å²) >= 11 is 0. The molecular weight excluding hydrogens is 372 g/mol. The number of urea groups is 1. The first-order valence-electron chi connectivity index (χ1n) is 9.67. The molecule has 0 aromatic heterocycles. The molecule has 2 aliphatic heterocycles. The summed E-state index contributed by atoms with van der Waals surface area (Å²) in [5.41, 5.74) is 2.54. The first-order chi connectivity index (χ1) is 14.1. The Labute approximate surface area is 169 Å². The zero-order valence-electron chi connectivity index (χ0n) is 16.3. The molecule has 0 radical (unpaired) electrons. The van der Waals surface area contributed by atoms with Crippen LogP contribution in [-0.4, -0.2) is 56.2 Å². The summed E-state index contributed by atoms with van der Waals surface area (Å²) in [6.07, 6.45) is 0. The number of rotatable bonds is 3. The molecular formula is C21H24N4O4. The summed E-state index contributed by atoms with van der Waals surface area (Å²) in [4.78, 5) is 27.8. The van der Waals surface area contributed by atoms with Crippen LogP contribution in [0.5, 0.6) is 11.5 Å². The molecule has 0 bridgehead atoms. The van der Waals surface area contributed by atoms with Crippen LogP contribution in [0.1, 0.15) is 6.92 Å². The Morgan fingerprint density at radius 2 is 1.48 bits per heavy atom. The molecule has 0 aliphatic carbocycles. The topological polar surface area (TPSA) is 83.1 Å². The molecule has 0 spiro atoms. The summed E-state index contributed by atoms with van der Waals surface area (Å²) in [7, 11) is 0. The van der Waals surface area contributed by atoms with Crippen molar-refractivity contribution in [2.24, 2.45) is 0 Å². The molecule has 0 saturated carbocycles. The van der Waals surface area contributed by atoms with E-state index in [2.05, 4.69) is 15.5 Å². The second kappa shape index (κ2) is 8.30. The van der Waals surface area contributed by atoms with Crippen molar-refractivity contribution in [1.29, 1.82) is 0 Å². The molecule has 8 nitrogen and oxygen atoms in total. The lowest BCUT2D eigenvalue weighted by atomic mass is 10.2. The summed E-state index contributed by atoms with van der Waals surface area (Å²) in [6, 6.07) is 13.0. The Morgan fingerprint density at radius 1 is 0.828 bits per heavy atom. The van der Waals surface area contributed by atoms with E-state index in [1.54, 1.807) is 11.0 Å². The number of anilines is 3. The van der Waals surface area contributed by atoms with Gasteiger partial charge in [0.25, 0.3) is 0 Å². The van der Waals surface area contributed by atoms with Gasteiger partial charge in [-0.3, -0.25) is 4.79 Å². The number of benzene rings is 2. The highest BCUT2D eigenvalue weighted by Gasteiger charge is 2.22. The average Bonchev–Trinajstić information content (AvgIpc) is 2.74. The quantitative estimate of drug-likeness (QED) is 0.834. The number of piperazine rings is 1. The van der Waals surface area contributed by atoms with Gasteiger partial charge in [0.2, 0.25) is 5.91 Å². The third-order valence-electron chi connectivity index (χ3n) is 4.91. The van der Waals surface area contributed by atoms with Gasteiger partial charge in [0.15, 0.2) is 11.5 Å². The molecule has 2 aromatic carbocycles. The van der Waals surface area contributed by atoms with Gasteiger partial charge in [-0.1, -0.05) is 0 Å². The Kier molecular flexibility index (Phi) is 5.41. The van der Waals surface area contributed by atoms with Gasteiger partial charge in [0.1, 0.15) is 13.2 Å². The van der Waals surface area contributed by atoms with Crippen LogP contribution >= 0.6 is 0 Å². The van der Waals surface area contributed by atoms with E-state index in [-0.39, 0.29) is 11.9 Å². The van der Waals surface area contributed by atoms with E-state index in [0.717, 1.165) is 24.5 Å². The zero-order valence-corrected chi connectivity index (χ0v) is 16.3. The zero-order chi connectivity index (χ0) is 20.2. The minimum absolute atomic E-state index is 0.0876. The van der Waals surface area contributed by atoms with Gasteiger partial charge >= 0.3 is 6.03 Å². The molecule has 8 heteroatoms. The van der Waals surface area contributed by atoms with Crippen molar-refractivity contribution in [2.75, 3.05) is 54.9 Å². The SMILES string of the molecule is CC(=O)Nc1ccc(N2CCN(C(=O)Nc3ccc4c(c3)OCCO4)CC2)cc1. The van der Waals surface area contributed by atoms with Gasteiger partial charge in [0, 0.05) is 56.2 Å². The van der Waals surface area contributed by atoms with Gasteiger partial charge in [-0.15, -0.1) is 0 Å². The lowest BCUT2D eigenvalue weighted by molar-refractivity contribution is -0.114. The van der Waals surface area contributed by atoms with Crippen LogP contribution in [0, 0.1) is 0 Å². The largest absolute Gasteiger partial charge is 0.486 e. The van der Waals surface area contributed by atoms with Crippen LogP contribution in [0.3, 0.4) is 0 Å². The van der Waals surface area contributed by atoms with E-state index >= 15 is 0 Å². The Bertz CT molecular complexity index is 892. The molecule has 2 heterocycles. The highest BCUT2D eigenvalue weighted by molar-refractivity contribution is 5.90. The lowest BCUT2D eigenvalue weighted by Crippen LogP contribution is -2.50. The van der Waals surface area contributed by atoms with Gasteiger partial charge in [-0.05, 0) is 36.4 Å². The van der Waals surface area contributed by atoms with E-state index in [1.807, 2.05) is 36.4 Å². The van der Waals surface area contributed by atoms with Crippen molar-refractivity contribution in [1.82, 2.24) is 4.90 Å². The maximum Gasteiger partial charge on any atom is 0.321 e. The fraction of sp³-hybridized carbons (Fsp3) is 0.333. The molecule has 0 atom stereocenters. The maximum absolute atomic E-state index is 12.6. The molecule has 3 amide bonds. The van der Waals surface area contributed by atoms with E-state index in [4.69, 9.17) is 9.47 Å². The van der Waals surface area contributed by atoms with Crippen LogP contribution in [0.15, 0.2) is 42.5 Å². The van der Waals surface area contributed by atoms with Crippen LogP contribution in [0.4, 0.5) is 21.9 Å². The summed E-state index contributed by atoms with van der Waals surface area (Å²) < 4.78 is 11.1. The van der Waals surface area contributed by atoms with Gasteiger partial charge in [-0.2, -0.15) is 0 Å². The van der Waals surface area contributed by atoms with E-state index in [1.165, 1.54) is 6.92 Å². The molecule has 2 N–H and O–H groups in total. The molecule has 2 aromatic rings. The number of nitrogens with one attached hydrogen (secondary N) is 2. The van der Waals surface area contributed by atoms with Gasteiger partial charge in [0.05, 0.1) is 0 Å². The third kappa shape index (κ3) is 4.53. The monoisotopic (exact) mass is 396 g/mol. The third-order valence-corrected chi connectivity index (χ3v) is 4.91. The lowest BCUT2D eigenvalue weighted by Gasteiger charge is -2.36. The van der Waals surface area contributed by atoms with E-state index in [9.17, 15) is 9.59 Å². The number of ether oxygens (including phenoxy) is 2. The summed E-state index contributed by atoms with van der Waals surface area (Å²) in [5.74, 6) is 1.27. The van der Waals surface area contributed by atoms with E-state index < -0.39 is 0 Å². The number of hydrogen-bond donors (Lipinski definition) is 2. The minimum atomic E-state index is -0.123. The van der Waals surface area contributed by atoms with Crippen LogP contribution in [0.25, 0.3) is 0 Å². The minimum Gasteiger partial charge on any atom is -0.486 e. The molecule has 1 saturated heterocycles. The predicted molar refractivity (Wildman–Crippen MR) is 111 cm³/mol. The van der Waals surface area contributed by atoms with Gasteiger partial charge in [-0.25, -0.2) is 4.79 Å². The van der Waals surface area contributed by atoms with Crippen molar-refractivity contribution in [2.45, 2.75) is 6.92 Å². The van der Waals surface area contributed by atoms with Gasteiger partial charge < -0.3 is 29.9 Å². The Balaban J connectivity index is 1.31. The number of hydrogen-bond acceptors (Lipinski definition) is 5. The fourth-order valence-electron chi connectivity index (χ4n) is 3.45. The van der Waals surface area contributed by atoms with Crippen molar-refractivity contribution >= 4 is 29.0 Å². The van der Waals surface area contributed by atoms with Crippen LogP contribution < -0.4 is 25.0 Å². The molecule has 0 unspecified atom stereocenters. The Morgan fingerprint density at radius 3 is 2.17 bits per heavy atom. The van der Waals surface area contributed by atoms with Crippen molar-refractivity contribution in [3.05, 3.63) is 42.5 Å². The number of nitrogens with zero attached hydrogens (tertiary/aromatic N) is 2. The van der Waals surface area contributed by atoms with E-state index in [0.29, 0.717) is 43.5 Å². The number of fused-ring (bicyclic) bond motifs is 1. The standard InChI is InChI=1S/C21H24N4O4/c1-15(26)22-16-2-5-18(6-3-16)24-8-10-25(11-9-24)21(27)23-17-4-7-19-20(14-17)29-13-12-28-19/h2-7,14H,8-13H2,1H3,(H,22,26)(H,23,27). The Hall–Kier alpha value is -3.42. The van der Waals surface area contributed by atoms with Crippen molar-refractivity contribution < 1.29 is 19.1 Å². The first kappa shape index (κ1) is 18.9. The van der Waals surface area contributed by atoms with Crippen molar-refractivity contribution in [3.8, 4) is 11.5 Å². The number of carbonyl (C=O) groups excluding carboxylic acids is 2. The van der Waals surface area contributed by atoms with Crippen LogP contribution in [0.2, 0.25) is 0 Å².